The zero-order valence-corrected chi connectivity index (χ0v) is 16.4. The molecule has 1 heterocycles. The Morgan fingerprint density at radius 2 is 1.77 bits per heavy atom. The lowest BCUT2D eigenvalue weighted by Gasteiger charge is -2.21. The van der Waals surface area contributed by atoms with Crippen LogP contribution < -0.4 is 14.8 Å². The third kappa shape index (κ3) is 6.52. The van der Waals surface area contributed by atoms with Crippen LogP contribution in [-0.2, 0) is 21.1 Å². The van der Waals surface area contributed by atoms with Gasteiger partial charge in [0.1, 0.15) is 9.84 Å². The molecule has 0 bridgehead atoms. The maximum absolute atomic E-state index is 12.1. The van der Waals surface area contributed by atoms with Gasteiger partial charge in [-0.25, -0.2) is 8.42 Å². The summed E-state index contributed by atoms with van der Waals surface area (Å²) < 4.78 is 34.0. The Balaban J connectivity index is 1.78. The van der Waals surface area contributed by atoms with E-state index in [4.69, 9.17) is 9.47 Å². The largest absolute Gasteiger partial charge is 0.490 e. The van der Waals surface area contributed by atoms with Crippen LogP contribution in [0.2, 0.25) is 0 Å². The predicted molar refractivity (Wildman–Crippen MR) is 101 cm³/mol. The molecule has 7 heteroatoms. The monoisotopic (exact) mass is 383 g/mol. The van der Waals surface area contributed by atoms with Gasteiger partial charge < -0.3 is 14.8 Å². The van der Waals surface area contributed by atoms with Crippen LogP contribution in [0.4, 0.5) is 0 Å². The molecule has 2 rings (SSSR count). The minimum absolute atomic E-state index is 0.00901. The van der Waals surface area contributed by atoms with Gasteiger partial charge in [0, 0.05) is 13.0 Å². The molecule has 0 atom stereocenters. The van der Waals surface area contributed by atoms with Gasteiger partial charge in [0.2, 0.25) is 5.91 Å². The quantitative estimate of drug-likeness (QED) is 0.708. The van der Waals surface area contributed by atoms with Gasteiger partial charge in [-0.15, -0.1) is 0 Å². The maximum atomic E-state index is 12.1. The second kappa shape index (κ2) is 9.80. The van der Waals surface area contributed by atoms with E-state index in [9.17, 15) is 13.2 Å². The fraction of sp³-hybridized carbons (Fsp3) is 0.632. The van der Waals surface area contributed by atoms with Gasteiger partial charge in [-0.05, 0) is 56.7 Å². The lowest BCUT2D eigenvalue weighted by molar-refractivity contribution is -0.122. The summed E-state index contributed by atoms with van der Waals surface area (Å²) in [5.74, 6) is 2.03. The average molecular weight is 384 g/mol. The molecule has 1 aliphatic rings. The average Bonchev–Trinajstić information content (AvgIpc) is 2.59. The number of sulfone groups is 1. The molecule has 0 spiro atoms. The van der Waals surface area contributed by atoms with E-state index in [0.717, 1.165) is 17.1 Å². The molecule has 1 amide bonds. The van der Waals surface area contributed by atoms with E-state index in [1.807, 2.05) is 32.0 Å². The first-order valence-electron chi connectivity index (χ1n) is 9.29. The van der Waals surface area contributed by atoms with Gasteiger partial charge in [0.05, 0.1) is 24.7 Å². The molecule has 1 N–H and O–H groups in total. The van der Waals surface area contributed by atoms with Crippen molar-refractivity contribution in [1.82, 2.24) is 5.32 Å². The van der Waals surface area contributed by atoms with Gasteiger partial charge in [-0.1, -0.05) is 6.07 Å². The number of ether oxygens (including phenoxy) is 2. The zero-order valence-electron chi connectivity index (χ0n) is 15.6. The molecule has 0 unspecified atom stereocenters. The highest BCUT2D eigenvalue weighted by molar-refractivity contribution is 7.91. The molecule has 26 heavy (non-hydrogen) atoms. The molecule has 0 saturated carbocycles. The maximum Gasteiger partial charge on any atom is 0.220 e. The third-order valence-electron chi connectivity index (χ3n) is 4.49. The Labute approximate surface area is 156 Å². The van der Waals surface area contributed by atoms with E-state index in [-0.39, 0.29) is 23.3 Å². The van der Waals surface area contributed by atoms with Gasteiger partial charge in [-0.2, -0.15) is 0 Å². The smallest absolute Gasteiger partial charge is 0.220 e. The van der Waals surface area contributed by atoms with Gasteiger partial charge >= 0.3 is 0 Å². The highest BCUT2D eigenvalue weighted by atomic mass is 32.2. The van der Waals surface area contributed by atoms with Crippen LogP contribution in [0, 0.1) is 5.92 Å². The molecule has 1 saturated heterocycles. The summed E-state index contributed by atoms with van der Waals surface area (Å²) in [5, 5.41) is 2.93. The SMILES string of the molecule is CCOc1ccc(CCNC(=O)CC2CCS(=O)(=O)CC2)cc1OCC. The van der Waals surface area contributed by atoms with Crippen molar-refractivity contribution in [3.63, 3.8) is 0 Å². The first-order valence-corrected chi connectivity index (χ1v) is 11.1. The summed E-state index contributed by atoms with van der Waals surface area (Å²) in [5.41, 5.74) is 1.07. The molecule has 0 aliphatic carbocycles. The van der Waals surface area contributed by atoms with Crippen molar-refractivity contribution in [2.24, 2.45) is 5.92 Å². The Morgan fingerprint density at radius 1 is 1.12 bits per heavy atom. The summed E-state index contributed by atoms with van der Waals surface area (Å²) in [4.78, 5) is 12.1. The van der Waals surface area contributed by atoms with Crippen molar-refractivity contribution < 1.29 is 22.7 Å². The third-order valence-corrected chi connectivity index (χ3v) is 6.21. The van der Waals surface area contributed by atoms with Crippen molar-refractivity contribution in [2.45, 2.75) is 39.5 Å². The Bertz CT molecular complexity index is 688. The highest BCUT2D eigenvalue weighted by Crippen LogP contribution is 2.28. The number of carbonyl (C=O) groups excluding carboxylic acids is 1. The second-order valence-corrected chi connectivity index (χ2v) is 8.85. The fourth-order valence-electron chi connectivity index (χ4n) is 3.07. The second-order valence-electron chi connectivity index (χ2n) is 6.55. The van der Waals surface area contributed by atoms with E-state index in [1.54, 1.807) is 0 Å². The van der Waals surface area contributed by atoms with Crippen LogP contribution in [-0.4, -0.2) is 45.6 Å². The summed E-state index contributed by atoms with van der Waals surface area (Å²) in [7, 11) is -2.87. The van der Waals surface area contributed by atoms with Crippen LogP contribution in [0.3, 0.4) is 0 Å². The van der Waals surface area contributed by atoms with Crippen molar-refractivity contribution in [2.75, 3.05) is 31.3 Å². The molecule has 1 aromatic carbocycles. The Morgan fingerprint density at radius 3 is 2.42 bits per heavy atom. The summed E-state index contributed by atoms with van der Waals surface area (Å²) in [6.45, 7) is 5.55. The predicted octanol–water partition coefficient (Wildman–Crippen LogP) is 2.36. The standard InChI is InChI=1S/C19H29NO5S/c1-3-24-17-6-5-15(13-18(17)25-4-2)7-10-20-19(21)14-16-8-11-26(22,23)12-9-16/h5-6,13,16H,3-4,7-12,14H2,1-2H3,(H,20,21). The molecular formula is C19H29NO5S. The summed E-state index contributed by atoms with van der Waals surface area (Å²) >= 11 is 0. The number of carbonyl (C=O) groups is 1. The zero-order chi connectivity index (χ0) is 19.0. The number of hydrogen-bond donors (Lipinski definition) is 1. The molecule has 1 aliphatic heterocycles. The minimum Gasteiger partial charge on any atom is -0.490 e. The van der Waals surface area contributed by atoms with Crippen LogP contribution in [0.5, 0.6) is 11.5 Å². The Hall–Kier alpha value is -1.76. The molecule has 1 aromatic rings. The van der Waals surface area contributed by atoms with E-state index in [2.05, 4.69) is 5.32 Å². The lowest BCUT2D eigenvalue weighted by atomic mass is 9.98. The summed E-state index contributed by atoms with van der Waals surface area (Å²) in [6, 6.07) is 5.83. The van der Waals surface area contributed by atoms with Crippen LogP contribution in [0.1, 0.15) is 38.7 Å². The summed E-state index contributed by atoms with van der Waals surface area (Å²) in [6.07, 6.45) is 2.29. The van der Waals surface area contributed by atoms with E-state index in [1.165, 1.54) is 0 Å². The van der Waals surface area contributed by atoms with Crippen LogP contribution in [0.15, 0.2) is 18.2 Å². The number of benzene rings is 1. The van der Waals surface area contributed by atoms with E-state index >= 15 is 0 Å². The van der Waals surface area contributed by atoms with Gasteiger partial charge in [0.15, 0.2) is 11.5 Å². The lowest BCUT2D eigenvalue weighted by Crippen LogP contribution is -2.31. The molecule has 6 nitrogen and oxygen atoms in total. The first-order chi connectivity index (χ1) is 12.4. The number of nitrogens with one attached hydrogen (secondary N) is 1. The Kier molecular flexibility index (Phi) is 7.75. The normalized spacial score (nSPS) is 16.8. The number of hydrogen-bond acceptors (Lipinski definition) is 5. The van der Waals surface area contributed by atoms with E-state index < -0.39 is 9.84 Å². The van der Waals surface area contributed by atoms with Crippen molar-refractivity contribution >= 4 is 15.7 Å². The molecular weight excluding hydrogens is 354 g/mol. The van der Waals surface area contributed by atoms with Crippen molar-refractivity contribution in [3.8, 4) is 11.5 Å². The first kappa shape index (κ1) is 20.6. The van der Waals surface area contributed by atoms with Gasteiger partial charge in [0.25, 0.3) is 0 Å². The van der Waals surface area contributed by atoms with Crippen molar-refractivity contribution in [1.29, 1.82) is 0 Å². The fourth-order valence-corrected chi connectivity index (χ4v) is 4.66. The van der Waals surface area contributed by atoms with E-state index in [0.29, 0.717) is 45.4 Å². The topological polar surface area (TPSA) is 81.7 Å². The molecule has 0 radical (unpaired) electrons. The van der Waals surface area contributed by atoms with Crippen LogP contribution >= 0.6 is 0 Å². The molecule has 0 aromatic heterocycles. The highest BCUT2D eigenvalue weighted by Gasteiger charge is 2.25. The number of amides is 1. The number of rotatable bonds is 9. The van der Waals surface area contributed by atoms with Gasteiger partial charge in [-0.3, -0.25) is 4.79 Å². The molecule has 146 valence electrons. The molecule has 1 fully saturated rings. The van der Waals surface area contributed by atoms with Crippen molar-refractivity contribution in [3.05, 3.63) is 23.8 Å². The van der Waals surface area contributed by atoms with Crippen LogP contribution in [0.25, 0.3) is 0 Å². The minimum atomic E-state index is -2.87.